The van der Waals surface area contributed by atoms with Gasteiger partial charge >= 0.3 is 12.0 Å². The topological polar surface area (TPSA) is 131 Å². The van der Waals surface area contributed by atoms with E-state index in [0.29, 0.717) is 12.1 Å². The molecule has 0 aromatic heterocycles. The molecule has 3 N–H and O–H groups in total. The van der Waals surface area contributed by atoms with E-state index in [9.17, 15) is 22.8 Å². The van der Waals surface area contributed by atoms with Crippen LogP contribution in [0.2, 0.25) is 0 Å². The van der Waals surface area contributed by atoms with Crippen LogP contribution in [0.1, 0.15) is 18.1 Å². The van der Waals surface area contributed by atoms with Gasteiger partial charge in [-0.25, -0.2) is 17.9 Å². The van der Waals surface area contributed by atoms with Crippen LogP contribution < -0.4 is 15.4 Å². The fourth-order valence-corrected chi connectivity index (χ4v) is 2.37. The van der Waals surface area contributed by atoms with Gasteiger partial charge in [0, 0.05) is 12.0 Å². The number of hydrogen-bond acceptors (Lipinski definition) is 6. The first-order chi connectivity index (χ1) is 12.2. The van der Waals surface area contributed by atoms with Crippen LogP contribution in [0.15, 0.2) is 29.7 Å². The Morgan fingerprint density at radius 1 is 1.15 bits per heavy atom. The number of amides is 3. The lowest BCUT2D eigenvalue weighted by atomic mass is 10.2. The number of carbonyl (C=O) groups is 3. The maximum Gasteiger partial charge on any atom is 0.321 e. The Balaban J connectivity index is 2.39. The number of benzene rings is 1. The third kappa shape index (κ3) is 8.94. The van der Waals surface area contributed by atoms with Gasteiger partial charge in [-0.1, -0.05) is 29.8 Å². The molecule has 1 rings (SSSR count). The van der Waals surface area contributed by atoms with Gasteiger partial charge in [0.05, 0.1) is 0 Å². The molecule has 0 saturated heterocycles. The minimum Gasteiger partial charge on any atom is -0.455 e. The van der Waals surface area contributed by atoms with E-state index in [-0.39, 0.29) is 0 Å². The van der Waals surface area contributed by atoms with Crippen molar-refractivity contribution in [3.63, 3.8) is 0 Å². The van der Waals surface area contributed by atoms with Crippen LogP contribution in [0.4, 0.5) is 4.79 Å². The Morgan fingerprint density at radius 3 is 2.42 bits per heavy atom. The summed E-state index contributed by atoms with van der Waals surface area (Å²) in [4.78, 5) is 33.9. The number of imide groups is 1. The molecule has 0 aliphatic rings. The summed E-state index contributed by atoms with van der Waals surface area (Å²) in [7, 11) is -3.85. The third-order valence-electron chi connectivity index (χ3n) is 2.89. The molecule has 0 heterocycles. The fraction of sp³-hybridized carbons (Fsp3) is 0.312. The van der Waals surface area contributed by atoms with E-state index >= 15 is 0 Å². The van der Waals surface area contributed by atoms with Gasteiger partial charge in [-0.2, -0.15) is 0 Å². The lowest BCUT2D eigenvalue weighted by molar-refractivity contribution is -0.147. The van der Waals surface area contributed by atoms with E-state index in [1.54, 1.807) is 19.1 Å². The largest absolute Gasteiger partial charge is 0.455 e. The minimum atomic E-state index is -3.85. The predicted molar refractivity (Wildman–Crippen MR) is 95.3 cm³/mol. The van der Waals surface area contributed by atoms with Gasteiger partial charge < -0.3 is 10.1 Å². The summed E-state index contributed by atoms with van der Waals surface area (Å²) < 4.78 is 30.2. The van der Waals surface area contributed by atoms with Gasteiger partial charge in [-0.3, -0.25) is 14.9 Å². The summed E-state index contributed by atoms with van der Waals surface area (Å²) in [5, 5.41) is 5.19. The number of carbonyl (C=O) groups excluding carboxylic acids is 3. The molecule has 9 nitrogen and oxygen atoms in total. The van der Waals surface area contributed by atoms with Crippen LogP contribution >= 0.6 is 0 Å². The summed E-state index contributed by atoms with van der Waals surface area (Å²) in [6.07, 6.45) is 1.38. The molecule has 0 bridgehead atoms. The summed E-state index contributed by atoms with van der Waals surface area (Å²) in [6, 6.07) is 6.47. The van der Waals surface area contributed by atoms with Gasteiger partial charge in [0.1, 0.15) is 6.54 Å². The number of nitrogens with one attached hydrogen (secondary N) is 3. The van der Waals surface area contributed by atoms with Crippen LogP contribution in [0.3, 0.4) is 0 Å². The van der Waals surface area contributed by atoms with Gasteiger partial charge in [0.2, 0.25) is 10.0 Å². The molecular formula is C16H21N3O6S. The first-order valence-corrected chi connectivity index (χ1v) is 9.24. The summed E-state index contributed by atoms with van der Waals surface area (Å²) in [5.74, 6) is -1.78. The normalized spacial score (nSPS) is 11.2. The molecule has 1 aromatic carbocycles. The maximum atomic E-state index is 11.8. The molecule has 0 unspecified atom stereocenters. The molecule has 0 radical (unpaired) electrons. The van der Waals surface area contributed by atoms with Crippen molar-refractivity contribution in [1.82, 2.24) is 15.4 Å². The SMILES string of the molecule is CCNC(=O)NC(=O)COC(=O)CNS(=O)(=O)/C=C/c1ccc(C)cc1. The summed E-state index contributed by atoms with van der Waals surface area (Å²) in [6.45, 7) is 2.57. The highest BCUT2D eigenvalue weighted by Gasteiger charge is 2.13. The second-order valence-electron chi connectivity index (χ2n) is 5.15. The molecule has 142 valence electrons. The maximum absolute atomic E-state index is 11.8. The van der Waals surface area contributed by atoms with Gasteiger partial charge in [0.15, 0.2) is 6.61 Å². The van der Waals surface area contributed by atoms with Crippen molar-refractivity contribution >= 4 is 34.0 Å². The summed E-state index contributed by atoms with van der Waals surface area (Å²) >= 11 is 0. The zero-order valence-corrected chi connectivity index (χ0v) is 15.3. The smallest absolute Gasteiger partial charge is 0.321 e. The Labute approximate surface area is 151 Å². The van der Waals surface area contributed by atoms with Crippen molar-refractivity contribution in [3.8, 4) is 0 Å². The van der Waals surface area contributed by atoms with Crippen LogP contribution in [0.25, 0.3) is 6.08 Å². The van der Waals surface area contributed by atoms with E-state index in [4.69, 9.17) is 0 Å². The second-order valence-corrected chi connectivity index (χ2v) is 6.80. The molecule has 1 aromatic rings. The Kier molecular flexibility index (Phi) is 8.46. The van der Waals surface area contributed by atoms with E-state index < -0.39 is 41.1 Å². The molecular weight excluding hydrogens is 362 g/mol. The van der Waals surface area contributed by atoms with Crippen molar-refractivity contribution in [3.05, 3.63) is 40.8 Å². The zero-order chi connectivity index (χ0) is 19.6. The van der Waals surface area contributed by atoms with E-state index in [1.807, 2.05) is 29.1 Å². The van der Waals surface area contributed by atoms with Gasteiger partial charge in [0.25, 0.3) is 5.91 Å². The monoisotopic (exact) mass is 383 g/mol. The number of hydrogen-bond donors (Lipinski definition) is 3. The number of aryl methyl sites for hydroxylation is 1. The van der Waals surface area contributed by atoms with Crippen LogP contribution in [0, 0.1) is 6.92 Å². The zero-order valence-electron chi connectivity index (χ0n) is 14.4. The van der Waals surface area contributed by atoms with Gasteiger partial charge in [-0.15, -0.1) is 0 Å². The van der Waals surface area contributed by atoms with E-state index in [1.165, 1.54) is 6.08 Å². The lowest BCUT2D eigenvalue weighted by Crippen LogP contribution is -2.41. The quantitative estimate of drug-likeness (QED) is 0.553. The molecule has 0 saturated carbocycles. The Hall–Kier alpha value is -2.72. The van der Waals surface area contributed by atoms with Crippen molar-refractivity contribution in [2.75, 3.05) is 19.7 Å². The van der Waals surface area contributed by atoms with Crippen LogP contribution in [-0.2, 0) is 24.3 Å². The number of esters is 1. The molecule has 0 spiro atoms. The van der Waals surface area contributed by atoms with Crippen molar-refractivity contribution in [2.45, 2.75) is 13.8 Å². The van der Waals surface area contributed by atoms with Gasteiger partial charge in [-0.05, 0) is 25.5 Å². The number of urea groups is 1. The summed E-state index contributed by atoms with van der Waals surface area (Å²) in [5.41, 5.74) is 1.73. The second kappa shape index (κ2) is 10.3. The average molecular weight is 383 g/mol. The molecule has 0 atom stereocenters. The highest BCUT2D eigenvalue weighted by atomic mass is 32.2. The Morgan fingerprint density at radius 2 is 1.81 bits per heavy atom. The first kappa shape index (κ1) is 21.3. The molecule has 3 amide bonds. The molecule has 0 fully saturated rings. The number of rotatable bonds is 8. The lowest BCUT2D eigenvalue weighted by Gasteiger charge is -2.06. The standard InChI is InChI=1S/C16H21N3O6S/c1-3-17-16(22)19-14(20)11-25-15(21)10-18-26(23,24)9-8-13-6-4-12(2)5-7-13/h4-9,18H,3,10-11H2,1-2H3,(H2,17,19,20,22)/b9-8+. The van der Waals surface area contributed by atoms with Crippen LogP contribution in [0.5, 0.6) is 0 Å². The number of sulfonamides is 1. The van der Waals surface area contributed by atoms with Crippen LogP contribution in [-0.4, -0.2) is 46.0 Å². The molecule has 10 heteroatoms. The predicted octanol–water partition coefficient (Wildman–Crippen LogP) is 0.274. The van der Waals surface area contributed by atoms with Crippen molar-refractivity contribution < 1.29 is 27.5 Å². The third-order valence-corrected chi connectivity index (χ3v) is 3.93. The van der Waals surface area contributed by atoms with Crippen molar-refractivity contribution in [2.24, 2.45) is 0 Å². The minimum absolute atomic E-state index is 0.330. The molecule has 0 aliphatic carbocycles. The first-order valence-electron chi connectivity index (χ1n) is 7.69. The average Bonchev–Trinajstić information content (AvgIpc) is 2.58. The molecule has 0 aliphatic heterocycles. The van der Waals surface area contributed by atoms with E-state index in [2.05, 4.69) is 10.1 Å². The number of ether oxygens (including phenoxy) is 1. The fourth-order valence-electron chi connectivity index (χ4n) is 1.62. The highest BCUT2D eigenvalue weighted by molar-refractivity contribution is 7.92. The van der Waals surface area contributed by atoms with E-state index in [0.717, 1.165) is 11.0 Å². The van der Waals surface area contributed by atoms with Crippen molar-refractivity contribution in [1.29, 1.82) is 0 Å². The Bertz CT molecular complexity index is 772. The highest BCUT2D eigenvalue weighted by Crippen LogP contribution is 2.05. The molecule has 26 heavy (non-hydrogen) atoms.